The van der Waals surface area contributed by atoms with Crippen molar-refractivity contribution < 1.29 is 4.39 Å². The Bertz CT molecular complexity index is 647. The maximum absolute atomic E-state index is 13.7. The van der Waals surface area contributed by atoms with E-state index in [1.807, 2.05) is 0 Å². The second-order valence-corrected chi connectivity index (χ2v) is 5.09. The average molecular weight is 315 g/mol. The summed E-state index contributed by atoms with van der Waals surface area (Å²) in [4.78, 5) is 0.0184. The number of anilines is 2. The second kappa shape index (κ2) is 5.74. The van der Waals surface area contributed by atoms with E-state index in [4.69, 9.17) is 41.2 Å². The highest BCUT2D eigenvalue weighted by Gasteiger charge is 2.07. The van der Waals surface area contributed by atoms with Crippen molar-refractivity contribution >= 4 is 51.8 Å². The lowest BCUT2D eigenvalue weighted by molar-refractivity contribution is 0.626. The molecule has 0 saturated carbocycles. The Morgan fingerprint density at radius 2 is 1.89 bits per heavy atom. The molecule has 2 rings (SSSR count). The number of nitrogens with two attached hydrogens (primary N) is 1. The molecule has 0 spiro atoms. The van der Waals surface area contributed by atoms with Crippen molar-refractivity contribution in [2.75, 3.05) is 5.32 Å². The highest BCUT2D eigenvalue weighted by Crippen LogP contribution is 2.29. The van der Waals surface area contributed by atoms with E-state index >= 15 is 0 Å². The lowest BCUT2D eigenvalue weighted by atomic mass is 10.2. The molecule has 0 aliphatic rings. The zero-order valence-corrected chi connectivity index (χ0v) is 11.9. The molecule has 3 N–H and O–H groups in total. The van der Waals surface area contributed by atoms with Gasteiger partial charge in [-0.15, -0.1) is 0 Å². The molecule has 19 heavy (non-hydrogen) atoms. The molecule has 0 atom stereocenters. The maximum Gasteiger partial charge on any atom is 0.135 e. The Balaban J connectivity index is 2.31. The maximum atomic E-state index is 13.7. The third-order valence-corrected chi connectivity index (χ3v) is 3.23. The molecule has 2 aromatic rings. The normalized spacial score (nSPS) is 10.3. The van der Waals surface area contributed by atoms with Gasteiger partial charge in [-0.2, -0.15) is 0 Å². The van der Waals surface area contributed by atoms with Gasteiger partial charge < -0.3 is 11.1 Å². The van der Waals surface area contributed by atoms with Crippen LogP contribution in [0.5, 0.6) is 0 Å². The fraction of sp³-hybridized carbons (Fsp3) is 0. The number of nitrogens with one attached hydrogen (secondary N) is 1. The van der Waals surface area contributed by atoms with Crippen LogP contribution in [0, 0.1) is 5.82 Å². The van der Waals surface area contributed by atoms with Gasteiger partial charge in [-0.05, 0) is 36.4 Å². The molecule has 0 fully saturated rings. The number of benzene rings is 2. The van der Waals surface area contributed by atoms with Gasteiger partial charge in [-0.3, -0.25) is 0 Å². The monoisotopic (exact) mass is 314 g/mol. The standard InChI is InChI=1S/C13H9Cl2FN2S/c14-7-1-4-10(15)12(5-7)18-8-2-3-9(13(17)19)11(16)6-8/h1-6,18H,(H2,17,19). The molecular weight excluding hydrogens is 306 g/mol. The molecule has 0 unspecified atom stereocenters. The largest absolute Gasteiger partial charge is 0.389 e. The van der Waals surface area contributed by atoms with Crippen molar-refractivity contribution in [3.05, 3.63) is 57.8 Å². The highest BCUT2D eigenvalue weighted by atomic mass is 35.5. The molecule has 6 heteroatoms. The Hall–Kier alpha value is -1.36. The van der Waals surface area contributed by atoms with Crippen LogP contribution in [-0.4, -0.2) is 4.99 Å². The topological polar surface area (TPSA) is 38.0 Å². The fourth-order valence-corrected chi connectivity index (χ4v) is 2.04. The van der Waals surface area contributed by atoms with Crippen molar-refractivity contribution in [3.8, 4) is 0 Å². The van der Waals surface area contributed by atoms with Gasteiger partial charge in [0, 0.05) is 16.3 Å². The molecule has 0 radical (unpaired) electrons. The van der Waals surface area contributed by atoms with Gasteiger partial charge in [-0.25, -0.2) is 4.39 Å². The summed E-state index contributed by atoms with van der Waals surface area (Å²) in [5, 5.41) is 4.00. The summed E-state index contributed by atoms with van der Waals surface area (Å²) < 4.78 is 13.7. The first-order valence-corrected chi connectivity index (χ1v) is 6.45. The summed E-state index contributed by atoms with van der Waals surface area (Å²) in [5.74, 6) is -0.490. The highest BCUT2D eigenvalue weighted by molar-refractivity contribution is 7.80. The number of thiocarbonyl (C=S) groups is 1. The average Bonchev–Trinajstić information content (AvgIpc) is 2.33. The van der Waals surface area contributed by atoms with Gasteiger partial charge in [0.25, 0.3) is 0 Å². The molecule has 98 valence electrons. The molecule has 0 bridgehead atoms. The SMILES string of the molecule is NC(=S)c1ccc(Nc2cc(Cl)ccc2Cl)cc1F. The lowest BCUT2D eigenvalue weighted by Gasteiger charge is -2.10. The first-order valence-electron chi connectivity index (χ1n) is 5.29. The summed E-state index contributed by atoms with van der Waals surface area (Å²) in [6, 6.07) is 9.46. The smallest absolute Gasteiger partial charge is 0.135 e. The van der Waals surface area contributed by atoms with Gasteiger partial charge in [0.15, 0.2) is 0 Å². The van der Waals surface area contributed by atoms with Crippen molar-refractivity contribution in [2.45, 2.75) is 0 Å². The zero-order valence-electron chi connectivity index (χ0n) is 9.58. The van der Waals surface area contributed by atoms with Crippen LogP contribution in [0.1, 0.15) is 5.56 Å². The van der Waals surface area contributed by atoms with E-state index in [0.29, 0.717) is 21.4 Å². The van der Waals surface area contributed by atoms with Crippen LogP contribution in [0.15, 0.2) is 36.4 Å². The number of hydrogen-bond donors (Lipinski definition) is 2. The van der Waals surface area contributed by atoms with Gasteiger partial charge in [0.05, 0.1) is 10.7 Å². The van der Waals surface area contributed by atoms with E-state index in [-0.39, 0.29) is 10.6 Å². The molecular formula is C13H9Cl2FN2S. The van der Waals surface area contributed by atoms with Crippen LogP contribution in [0.25, 0.3) is 0 Å². The van der Waals surface area contributed by atoms with Gasteiger partial charge >= 0.3 is 0 Å². The minimum atomic E-state index is -0.490. The minimum Gasteiger partial charge on any atom is -0.389 e. The molecule has 0 aliphatic carbocycles. The van der Waals surface area contributed by atoms with Gasteiger partial charge in [-0.1, -0.05) is 35.4 Å². The molecule has 0 heterocycles. The molecule has 0 amide bonds. The lowest BCUT2D eigenvalue weighted by Crippen LogP contribution is -2.11. The Labute approximate surface area is 125 Å². The van der Waals surface area contributed by atoms with Crippen molar-refractivity contribution in [2.24, 2.45) is 5.73 Å². The van der Waals surface area contributed by atoms with Crippen LogP contribution >= 0.6 is 35.4 Å². The van der Waals surface area contributed by atoms with Crippen LogP contribution in [0.2, 0.25) is 10.0 Å². The van der Waals surface area contributed by atoms with Crippen LogP contribution in [-0.2, 0) is 0 Å². The minimum absolute atomic E-state index is 0.0184. The van der Waals surface area contributed by atoms with E-state index < -0.39 is 5.82 Å². The number of hydrogen-bond acceptors (Lipinski definition) is 2. The number of rotatable bonds is 3. The van der Waals surface area contributed by atoms with Crippen LogP contribution in [0.4, 0.5) is 15.8 Å². The summed E-state index contributed by atoms with van der Waals surface area (Å²) >= 11 is 16.6. The Morgan fingerprint density at radius 1 is 1.16 bits per heavy atom. The zero-order chi connectivity index (χ0) is 14.0. The number of halogens is 3. The van der Waals surface area contributed by atoms with Crippen LogP contribution < -0.4 is 11.1 Å². The predicted molar refractivity (Wildman–Crippen MR) is 82.0 cm³/mol. The molecule has 0 aliphatic heterocycles. The second-order valence-electron chi connectivity index (χ2n) is 3.81. The third-order valence-electron chi connectivity index (χ3n) is 2.44. The fourth-order valence-electron chi connectivity index (χ4n) is 1.54. The van der Waals surface area contributed by atoms with Gasteiger partial charge in [0.2, 0.25) is 0 Å². The quantitative estimate of drug-likeness (QED) is 0.819. The van der Waals surface area contributed by atoms with E-state index in [1.54, 1.807) is 24.3 Å². The summed E-state index contributed by atoms with van der Waals surface area (Å²) in [6.45, 7) is 0. The summed E-state index contributed by atoms with van der Waals surface area (Å²) in [5.41, 5.74) is 6.72. The van der Waals surface area contributed by atoms with E-state index in [0.717, 1.165) is 0 Å². The first-order chi connectivity index (χ1) is 8.97. The van der Waals surface area contributed by atoms with Crippen molar-refractivity contribution in [1.29, 1.82) is 0 Å². The van der Waals surface area contributed by atoms with E-state index in [2.05, 4.69) is 5.32 Å². The third kappa shape index (κ3) is 3.35. The van der Waals surface area contributed by atoms with E-state index in [9.17, 15) is 4.39 Å². The van der Waals surface area contributed by atoms with Crippen LogP contribution in [0.3, 0.4) is 0 Å². The molecule has 2 nitrogen and oxygen atoms in total. The molecule has 0 saturated heterocycles. The van der Waals surface area contributed by atoms with Gasteiger partial charge in [0.1, 0.15) is 10.8 Å². The van der Waals surface area contributed by atoms with Crippen molar-refractivity contribution in [3.63, 3.8) is 0 Å². The molecule has 2 aromatic carbocycles. The Morgan fingerprint density at radius 3 is 2.53 bits per heavy atom. The molecule has 0 aromatic heterocycles. The van der Waals surface area contributed by atoms with E-state index in [1.165, 1.54) is 12.1 Å². The summed E-state index contributed by atoms with van der Waals surface area (Å²) in [7, 11) is 0. The van der Waals surface area contributed by atoms with Crippen molar-refractivity contribution in [1.82, 2.24) is 0 Å². The first kappa shape index (κ1) is 14.1. The predicted octanol–water partition coefficient (Wildman–Crippen LogP) is 4.51. The Kier molecular flexibility index (Phi) is 4.24. The summed E-state index contributed by atoms with van der Waals surface area (Å²) in [6.07, 6.45) is 0.